The summed E-state index contributed by atoms with van der Waals surface area (Å²) in [6.45, 7) is 0.575. The Bertz CT molecular complexity index is 769. The number of nitrogens with two attached hydrogens (primary N) is 1. The maximum absolute atomic E-state index is 12.0. The number of aromatic nitrogens is 4. The minimum absolute atomic E-state index is 0.220. The molecule has 0 bridgehead atoms. The maximum atomic E-state index is 12.0. The van der Waals surface area contributed by atoms with Gasteiger partial charge in [-0.25, -0.2) is 4.98 Å². The normalized spacial score (nSPS) is 10.4. The smallest absolute Gasteiger partial charge is 0.276 e. The number of carbonyl (C=O) groups is 1. The fraction of sp³-hybridized carbons (Fsp3) is 0.0667. The van der Waals surface area contributed by atoms with E-state index in [2.05, 4.69) is 20.4 Å². The van der Waals surface area contributed by atoms with Crippen molar-refractivity contribution in [2.75, 3.05) is 11.1 Å². The third-order valence-corrected chi connectivity index (χ3v) is 3.02. The van der Waals surface area contributed by atoms with Crippen LogP contribution in [0.4, 0.5) is 11.5 Å². The molecule has 0 saturated carbocycles. The molecule has 1 amide bonds. The molecule has 3 aromatic rings. The van der Waals surface area contributed by atoms with E-state index in [1.54, 1.807) is 10.9 Å². The lowest BCUT2D eigenvalue weighted by Gasteiger charge is -2.02. The summed E-state index contributed by atoms with van der Waals surface area (Å²) in [6, 6.07) is 9.86. The van der Waals surface area contributed by atoms with E-state index in [1.165, 1.54) is 18.6 Å². The third kappa shape index (κ3) is 3.09. The Morgan fingerprint density at radius 3 is 2.77 bits per heavy atom. The first kappa shape index (κ1) is 13.7. The van der Waals surface area contributed by atoms with Gasteiger partial charge in [0, 0.05) is 12.4 Å². The molecule has 0 spiro atoms. The molecule has 2 aromatic heterocycles. The second-order valence-corrected chi connectivity index (χ2v) is 4.66. The first-order valence-electron chi connectivity index (χ1n) is 6.66. The number of anilines is 2. The predicted molar refractivity (Wildman–Crippen MR) is 82.2 cm³/mol. The van der Waals surface area contributed by atoms with Crippen LogP contribution in [0.5, 0.6) is 0 Å². The van der Waals surface area contributed by atoms with Crippen LogP contribution in [0.1, 0.15) is 16.1 Å². The number of hydrogen-bond acceptors (Lipinski definition) is 5. The van der Waals surface area contributed by atoms with E-state index in [4.69, 9.17) is 5.73 Å². The Hall–Kier alpha value is -3.22. The molecule has 1 aromatic carbocycles. The molecule has 0 aliphatic heterocycles. The van der Waals surface area contributed by atoms with E-state index in [9.17, 15) is 4.79 Å². The van der Waals surface area contributed by atoms with Gasteiger partial charge in [0.2, 0.25) is 0 Å². The van der Waals surface area contributed by atoms with Crippen molar-refractivity contribution in [3.63, 3.8) is 0 Å². The highest BCUT2D eigenvalue weighted by molar-refractivity contribution is 6.03. The van der Waals surface area contributed by atoms with Gasteiger partial charge in [0.05, 0.1) is 18.9 Å². The number of carbonyl (C=O) groups excluding carboxylic acids is 1. The Balaban J connectivity index is 1.74. The lowest BCUT2D eigenvalue weighted by atomic mass is 10.2. The molecule has 0 saturated heterocycles. The van der Waals surface area contributed by atoms with Gasteiger partial charge in [-0.3, -0.25) is 14.5 Å². The zero-order chi connectivity index (χ0) is 15.4. The molecule has 7 nitrogen and oxygen atoms in total. The van der Waals surface area contributed by atoms with Crippen molar-refractivity contribution in [3.05, 3.63) is 66.4 Å². The van der Waals surface area contributed by atoms with E-state index in [1.807, 2.05) is 30.3 Å². The van der Waals surface area contributed by atoms with Gasteiger partial charge in [-0.05, 0) is 5.56 Å². The summed E-state index contributed by atoms with van der Waals surface area (Å²) in [5.41, 5.74) is 7.60. The zero-order valence-corrected chi connectivity index (χ0v) is 11.7. The summed E-state index contributed by atoms with van der Waals surface area (Å²) in [7, 11) is 0. The van der Waals surface area contributed by atoms with Crippen LogP contribution in [-0.2, 0) is 6.54 Å². The summed E-state index contributed by atoms with van der Waals surface area (Å²) >= 11 is 0. The van der Waals surface area contributed by atoms with Crippen LogP contribution in [0.25, 0.3) is 0 Å². The molecule has 7 heteroatoms. The van der Waals surface area contributed by atoms with Crippen LogP contribution in [0, 0.1) is 0 Å². The second-order valence-electron chi connectivity index (χ2n) is 4.66. The Morgan fingerprint density at radius 1 is 1.23 bits per heavy atom. The summed E-state index contributed by atoms with van der Waals surface area (Å²) in [4.78, 5) is 19.8. The number of amides is 1. The highest BCUT2D eigenvalue weighted by Crippen LogP contribution is 2.17. The number of rotatable bonds is 4. The minimum atomic E-state index is -0.376. The van der Waals surface area contributed by atoms with Gasteiger partial charge < -0.3 is 11.1 Å². The van der Waals surface area contributed by atoms with Gasteiger partial charge >= 0.3 is 0 Å². The Labute approximate surface area is 126 Å². The van der Waals surface area contributed by atoms with Crippen molar-refractivity contribution in [2.24, 2.45) is 0 Å². The molecular weight excluding hydrogens is 280 g/mol. The van der Waals surface area contributed by atoms with E-state index in [0.717, 1.165) is 5.56 Å². The van der Waals surface area contributed by atoms with Crippen LogP contribution in [-0.4, -0.2) is 25.7 Å². The maximum Gasteiger partial charge on any atom is 0.276 e. The lowest BCUT2D eigenvalue weighted by Crippen LogP contribution is -2.14. The largest absolute Gasteiger partial charge is 0.380 e. The highest BCUT2D eigenvalue weighted by atomic mass is 16.1. The average Bonchev–Trinajstić information content (AvgIpc) is 2.88. The molecule has 110 valence electrons. The number of nitrogen functional groups attached to an aromatic ring is 1. The fourth-order valence-corrected chi connectivity index (χ4v) is 1.99. The van der Waals surface area contributed by atoms with Crippen molar-refractivity contribution < 1.29 is 4.79 Å². The van der Waals surface area contributed by atoms with Gasteiger partial charge in [-0.1, -0.05) is 30.3 Å². The number of nitrogens with one attached hydrogen (secondary N) is 1. The quantitative estimate of drug-likeness (QED) is 0.760. The summed E-state index contributed by atoms with van der Waals surface area (Å²) in [5.74, 6) is -0.118. The molecule has 22 heavy (non-hydrogen) atoms. The second kappa shape index (κ2) is 6.04. The van der Waals surface area contributed by atoms with Gasteiger partial charge in [0.15, 0.2) is 5.82 Å². The van der Waals surface area contributed by atoms with Crippen molar-refractivity contribution in [3.8, 4) is 0 Å². The van der Waals surface area contributed by atoms with Gasteiger partial charge in [-0.2, -0.15) is 5.10 Å². The number of hydrogen-bond donors (Lipinski definition) is 2. The van der Waals surface area contributed by atoms with E-state index >= 15 is 0 Å². The third-order valence-electron chi connectivity index (χ3n) is 3.02. The Morgan fingerprint density at radius 2 is 2.05 bits per heavy atom. The standard InChI is InChI=1S/C15H14N6O/c16-14-13(19-15(22)12-8-17-6-7-18-12)10-21(20-14)9-11-4-2-1-3-5-11/h1-8,10H,9H2,(H2,16,20)(H,19,22). The van der Waals surface area contributed by atoms with Crippen LogP contribution in [0.15, 0.2) is 55.1 Å². The first-order valence-corrected chi connectivity index (χ1v) is 6.66. The van der Waals surface area contributed by atoms with Crippen LogP contribution < -0.4 is 11.1 Å². The predicted octanol–water partition coefficient (Wildman–Crippen LogP) is 1.56. The fourth-order valence-electron chi connectivity index (χ4n) is 1.99. The van der Waals surface area contributed by atoms with Crippen LogP contribution >= 0.6 is 0 Å². The molecule has 0 aliphatic carbocycles. The van der Waals surface area contributed by atoms with Crippen molar-refractivity contribution in [1.82, 2.24) is 19.7 Å². The Kier molecular flexibility index (Phi) is 3.78. The topological polar surface area (TPSA) is 98.7 Å². The molecule has 3 rings (SSSR count). The van der Waals surface area contributed by atoms with Crippen molar-refractivity contribution in [2.45, 2.75) is 6.54 Å². The van der Waals surface area contributed by atoms with E-state index in [0.29, 0.717) is 12.2 Å². The summed E-state index contributed by atoms with van der Waals surface area (Å²) in [5, 5.41) is 6.88. The molecular formula is C15H14N6O. The monoisotopic (exact) mass is 294 g/mol. The number of benzene rings is 1. The first-order chi connectivity index (χ1) is 10.7. The van der Waals surface area contributed by atoms with Crippen LogP contribution in [0.3, 0.4) is 0 Å². The van der Waals surface area contributed by atoms with E-state index < -0.39 is 0 Å². The van der Waals surface area contributed by atoms with Crippen molar-refractivity contribution in [1.29, 1.82) is 0 Å². The molecule has 0 radical (unpaired) electrons. The molecule has 0 fully saturated rings. The zero-order valence-electron chi connectivity index (χ0n) is 11.7. The molecule has 3 N–H and O–H groups in total. The van der Waals surface area contributed by atoms with Gasteiger partial charge in [-0.15, -0.1) is 0 Å². The summed E-state index contributed by atoms with van der Waals surface area (Å²) < 4.78 is 1.68. The SMILES string of the molecule is Nc1nn(Cc2ccccc2)cc1NC(=O)c1cnccn1. The van der Waals surface area contributed by atoms with Gasteiger partial charge in [0.25, 0.3) is 5.91 Å². The molecule has 0 atom stereocenters. The number of nitrogens with zero attached hydrogens (tertiary/aromatic N) is 4. The van der Waals surface area contributed by atoms with Crippen molar-refractivity contribution >= 4 is 17.4 Å². The molecule has 2 heterocycles. The minimum Gasteiger partial charge on any atom is -0.380 e. The molecule has 0 unspecified atom stereocenters. The summed E-state index contributed by atoms with van der Waals surface area (Å²) in [6.07, 6.45) is 6.04. The van der Waals surface area contributed by atoms with Crippen LogP contribution in [0.2, 0.25) is 0 Å². The lowest BCUT2D eigenvalue weighted by molar-refractivity contribution is 0.102. The average molecular weight is 294 g/mol. The molecule has 0 aliphatic rings. The highest BCUT2D eigenvalue weighted by Gasteiger charge is 2.12. The van der Waals surface area contributed by atoms with Gasteiger partial charge in [0.1, 0.15) is 11.4 Å². The van der Waals surface area contributed by atoms with E-state index in [-0.39, 0.29) is 17.4 Å².